The zero-order valence-electron chi connectivity index (χ0n) is 16.0. The Morgan fingerprint density at radius 3 is 2.48 bits per heavy atom. The van der Waals surface area contributed by atoms with Gasteiger partial charge in [-0.15, -0.1) is 0 Å². The SMILES string of the molecule is O=C1Nc2ccc(C#CCc3ccc(F)cc3)cc2C(=O)/C1=C\c1ccc(Cl)c(F)c1. The van der Waals surface area contributed by atoms with Crippen molar-refractivity contribution in [1.29, 1.82) is 0 Å². The van der Waals surface area contributed by atoms with E-state index in [0.717, 1.165) is 11.6 Å². The molecule has 0 bridgehead atoms. The quantitative estimate of drug-likeness (QED) is 0.333. The van der Waals surface area contributed by atoms with Gasteiger partial charge in [0.05, 0.1) is 16.3 Å². The van der Waals surface area contributed by atoms with E-state index >= 15 is 0 Å². The summed E-state index contributed by atoms with van der Waals surface area (Å²) in [5.74, 6) is 3.98. The number of hydrogen-bond acceptors (Lipinski definition) is 2. The predicted octanol–water partition coefficient (Wildman–Crippen LogP) is 5.43. The fourth-order valence-electron chi connectivity index (χ4n) is 3.11. The number of halogens is 3. The lowest BCUT2D eigenvalue weighted by atomic mass is 9.93. The van der Waals surface area contributed by atoms with Gasteiger partial charge in [-0.05, 0) is 59.7 Å². The third-order valence-electron chi connectivity index (χ3n) is 4.69. The molecule has 1 heterocycles. The number of carbonyl (C=O) groups is 2. The highest BCUT2D eigenvalue weighted by Crippen LogP contribution is 2.28. The lowest BCUT2D eigenvalue weighted by Gasteiger charge is -2.18. The Morgan fingerprint density at radius 1 is 0.968 bits per heavy atom. The van der Waals surface area contributed by atoms with Crippen LogP contribution in [0.5, 0.6) is 0 Å². The Kier molecular flexibility index (Phi) is 5.66. The summed E-state index contributed by atoms with van der Waals surface area (Å²) in [7, 11) is 0. The maximum absolute atomic E-state index is 13.7. The molecule has 3 nitrogen and oxygen atoms in total. The van der Waals surface area contributed by atoms with Gasteiger partial charge in [0.15, 0.2) is 0 Å². The van der Waals surface area contributed by atoms with Crippen LogP contribution in [0.3, 0.4) is 0 Å². The van der Waals surface area contributed by atoms with Crippen LogP contribution < -0.4 is 5.32 Å². The second-order valence-electron chi connectivity index (χ2n) is 6.88. The van der Waals surface area contributed by atoms with E-state index in [1.807, 2.05) is 0 Å². The zero-order valence-corrected chi connectivity index (χ0v) is 16.8. The van der Waals surface area contributed by atoms with Gasteiger partial charge in [-0.2, -0.15) is 0 Å². The summed E-state index contributed by atoms with van der Waals surface area (Å²) >= 11 is 5.68. The number of anilines is 1. The van der Waals surface area contributed by atoms with Crippen molar-refractivity contribution < 1.29 is 18.4 Å². The van der Waals surface area contributed by atoms with E-state index in [1.165, 1.54) is 30.3 Å². The molecule has 3 aromatic carbocycles. The first kappa shape index (κ1) is 20.5. The molecule has 1 aliphatic rings. The maximum Gasteiger partial charge on any atom is 0.259 e. The minimum atomic E-state index is -0.640. The van der Waals surface area contributed by atoms with Crippen LogP contribution in [0.2, 0.25) is 5.02 Å². The van der Waals surface area contributed by atoms with Crippen LogP contribution in [-0.4, -0.2) is 11.7 Å². The molecular weight excluding hydrogens is 420 g/mol. The number of benzene rings is 3. The molecule has 0 aromatic heterocycles. The summed E-state index contributed by atoms with van der Waals surface area (Å²) < 4.78 is 26.7. The monoisotopic (exact) mass is 433 g/mol. The third kappa shape index (κ3) is 4.55. The van der Waals surface area contributed by atoms with Crippen molar-refractivity contribution in [2.45, 2.75) is 6.42 Å². The second kappa shape index (κ2) is 8.55. The van der Waals surface area contributed by atoms with Crippen LogP contribution in [0.15, 0.2) is 66.2 Å². The number of Topliss-reactive ketones (excluding diaryl/α,β-unsaturated/α-hetero) is 1. The van der Waals surface area contributed by atoms with Crippen LogP contribution in [0.25, 0.3) is 6.08 Å². The molecule has 31 heavy (non-hydrogen) atoms. The fourth-order valence-corrected chi connectivity index (χ4v) is 3.22. The first-order chi connectivity index (χ1) is 14.9. The van der Waals surface area contributed by atoms with E-state index in [-0.39, 0.29) is 16.4 Å². The third-order valence-corrected chi connectivity index (χ3v) is 5.00. The van der Waals surface area contributed by atoms with Crippen LogP contribution in [-0.2, 0) is 11.2 Å². The van der Waals surface area contributed by atoms with Crippen molar-refractivity contribution in [3.8, 4) is 11.8 Å². The highest BCUT2D eigenvalue weighted by Gasteiger charge is 2.28. The number of fused-ring (bicyclic) bond motifs is 1. The lowest BCUT2D eigenvalue weighted by Crippen LogP contribution is -2.27. The second-order valence-corrected chi connectivity index (χ2v) is 7.29. The number of ketones is 1. The molecule has 3 aromatic rings. The Labute approximate surface area is 182 Å². The summed E-state index contributed by atoms with van der Waals surface area (Å²) in [5.41, 5.74) is 2.40. The van der Waals surface area contributed by atoms with Gasteiger partial charge >= 0.3 is 0 Å². The largest absolute Gasteiger partial charge is 0.321 e. The summed E-state index contributed by atoms with van der Waals surface area (Å²) in [6, 6.07) is 15.0. The van der Waals surface area contributed by atoms with Gasteiger partial charge in [0, 0.05) is 17.5 Å². The summed E-state index contributed by atoms with van der Waals surface area (Å²) in [4.78, 5) is 25.3. The molecule has 6 heteroatoms. The summed E-state index contributed by atoms with van der Waals surface area (Å²) in [5, 5.41) is 2.62. The Balaban J connectivity index is 1.60. The van der Waals surface area contributed by atoms with Gasteiger partial charge in [0.2, 0.25) is 5.78 Å². The van der Waals surface area contributed by atoms with Crippen LogP contribution in [0.1, 0.15) is 27.0 Å². The van der Waals surface area contributed by atoms with Gasteiger partial charge in [-0.3, -0.25) is 9.59 Å². The van der Waals surface area contributed by atoms with Crippen molar-refractivity contribution >= 4 is 35.1 Å². The molecular formula is C25H14ClF2NO2. The maximum atomic E-state index is 13.7. The van der Waals surface area contributed by atoms with Gasteiger partial charge in [0.25, 0.3) is 5.91 Å². The van der Waals surface area contributed by atoms with E-state index in [2.05, 4.69) is 17.2 Å². The fraction of sp³-hybridized carbons (Fsp3) is 0.0400. The molecule has 1 amide bonds. The van der Waals surface area contributed by atoms with Crippen LogP contribution >= 0.6 is 11.6 Å². The molecule has 0 saturated carbocycles. The molecule has 152 valence electrons. The molecule has 1 aliphatic heterocycles. The van der Waals surface area contributed by atoms with Crippen molar-refractivity contribution in [2.24, 2.45) is 0 Å². The lowest BCUT2D eigenvalue weighted by molar-refractivity contribution is -0.112. The Morgan fingerprint density at radius 2 is 1.74 bits per heavy atom. The van der Waals surface area contributed by atoms with E-state index in [0.29, 0.717) is 28.8 Å². The van der Waals surface area contributed by atoms with Gasteiger partial charge in [-0.1, -0.05) is 41.6 Å². The molecule has 1 N–H and O–H groups in total. The summed E-state index contributed by atoms with van der Waals surface area (Å²) in [6.07, 6.45) is 1.75. The molecule has 0 atom stereocenters. The van der Waals surface area contributed by atoms with Crippen LogP contribution in [0, 0.1) is 23.5 Å². The minimum Gasteiger partial charge on any atom is -0.321 e. The number of hydrogen-bond donors (Lipinski definition) is 1. The number of rotatable bonds is 2. The topological polar surface area (TPSA) is 46.2 Å². The number of nitrogens with one attached hydrogen (secondary N) is 1. The summed E-state index contributed by atoms with van der Waals surface area (Å²) in [6.45, 7) is 0. The van der Waals surface area contributed by atoms with Gasteiger partial charge in [0.1, 0.15) is 11.6 Å². The smallest absolute Gasteiger partial charge is 0.259 e. The molecule has 0 unspecified atom stereocenters. The van der Waals surface area contributed by atoms with E-state index in [1.54, 1.807) is 30.3 Å². The van der Waals surface area contributed by atoms with E-state index in [9.17, 15) is 18.4 Å². The number of amides is 1. The van der Waals surface area contributed by atoms with Crippen LogP contribution in [0.4, 0.5) is 14.5 Å². The first-order valence-electron chi connectivity index (χ1n) is 9.31. The average molecular weight is 434 g/mol. The van der Waals surface area contributed by atoms with Crippen molar-refractivity contribution in [2.75, 3.05) is 5.32 Å². The highest BCUT2D eigenvalue weighted by atomic mass is 35.5. The molecule has 4 rings (SSSR count). The standard InChI is InChI=1S/C25H14ClF2NO2/c26-21-10-6-17(14-22(21)28)13-20-24(30)19-12-16(7-11-23(19)29-25(20)31)3-1-2-15-4-8-18(27)9-5-15/h4-14H,2H2,(H,29,31)/b20-13+. The first-order valence-corrected chi connectivity index (χ1v) is 9.69. The van der Waals surface area contributed by atoms with Crippen molar-refractivity contribution in [3.63, 3.8) is 0 Å². The number of carbonyl (C=O) groups excluding carboxylic acids is 2. The minimum absolute atomic E-state index is 0.0456. The molecule has 0 radical (unpaired) electrons. The zero-order chi connectivity index (χ0) is 22.0. The van der Waals surface area contributed by atoms with E-state index in [4.69, 9.17) is 11.6 Å². The Hall–Kier alpha value is -3.75. The van der Waals surface area contributed by atoms with Gasteiger partial charge < -0.3 is 5.32 Å². The highest BCUT2D eigenvalue weighted by molar-refractivity contribution is 6.36. The molecule has 0 fully saturated rings. The molecule has 0 aliphatic carbocycles. The predicted molar refractivity (Wildman–Crippen MR) is 116 cm³/mol. The average Bonchev–Trinajstić information content (AvgIpc) is 2.75. The van der Waals surface area contributed by atoms with Crippen molar-refractivity contribution in [1.82, 2.24) is 0 Å². The van der Waals surface area contributed by atoms with Crippen molar-refractivity contribution in [3.05, 3.63) is 105 Å². The Bertz CT molecular complexity index is 1300. The van der Waals surface area contributed by atoms with Gasteiger partial charge in [-0.25, -0.2) is 8.78 Å². The normalized spacial score (nSPS) is 14.0. The van der Waals surface area contributed by atoms with E-state index < -0.39 is 17.5 Å². The molecule has 0 spiro atoms. The molecule has 0 saturated heterocycles.